The molecule has 6 heteroatoms. The van der Waals surface area contributed by atoms with Crippen molar-refractivity contribution in [3.05, 3.63) is 70.0 Å². The van der Waals surface area contributed by atoms with Crippen molar-refractivity contribution in [2.24, 2.45) is 0 Å². The number of rotatable bonds is 5. The zero-order chi connectivity index (χ0) is 19.5. The normalized spacial score (nSPS) is 13.8. The predicted octanol–water partition coefficient (Wildman–Crippen LogP) is 4.18. The van der Waals surface area contributed by atoms with Gasteiger partial charge in [-0.2, -0.15) is 0 Å². The molecule has 0 bridgehead atoms. The lowest BCUT2D eigenvalue weighted by Crippen LogP contribution is -2.24. The minimum atomic E-state index is -0.122. The van der Waals surface area contributed by atoms with Crippen LogP contribution < -0.4 is 10.2 Å². The van der Waals surface area contributed by atoms with Gasteiger partial charge < -0.3 is 10.2 Å². The third-order valence-electron chi connectivity index (χ3n) is 4.76. The van der Waals surface area contributed by atoms with Crippen LogP contribution in [-0.2, 0) is 11.3 Å². The summed E-state index contributed by atoms with van der Waals surface area (Å²) in [5.74, 6) is 0.0540. The number of amides is 2. The fraction of sp³-hybridized carbons (Fsp3) is 0.227. The number of nitrogens with one attached hydrogen (secondary N) is 1. The maximum atomic E-state index is 12.8. The van der Waals surface area contributed by atoms with Crippen LogP contribution in [0.25, 0.3) is 11.3 Å². The van der Waals surface area contributed by atoms with Gasteiger partial charge in [-0.1, -0.05) is 42.5 Å². The molecule has 1 aromatic heterocycles. The minimum Gasteiger partial charge on any atom is -0.347 e. The van der Waals surface area contributed by atoms with Crippen LogP contribution in [0.4, 0.5) is 5.69 Å². The molecule has 4 rings (SSSR count). The third-order valence-corrected chi connectivity index (χ3v) is 5.73. The highest BCUT2D eigenvalue weighted by atomic mass is 32.1. The molecule has 2 aromatic carbocycles. The van der Waals surface area contributed by atoms with E-state index < -0.39 is 0 Å². The number of aryl methyl sites for hydroxylation is 1. The lowest BCUT2D eigenvalue weighted by atomic mass is 10.1. The predicted molar refractivity (Wildman–Crippen MR) is 111 cm³/mol. The molecule has 1 saturated heterocycles. The molecule has 0 saturated carbocycles. The molecule has 142 valence electrons. The highest BCUT2D eigenvalue weighted by molar-refractivity contribution is 7.14. The largest absolute Gasteiger partial charge is 0.347 e. The monoisotopic (exact) mass is 391 g/mol. The van der Waals surface area contributed by atoms with Crippen molar-refractivity contribution < 1.29 is 9.59 Å². The van der Waals surface area contributed by atoms with Crippen LogP contribution in [0.15, 0.2) is 54.6 Å². The Labute approximate surface area is 168 Å². The summed E-state index contributed by atoms with van der Waals surface area (Å²) >= 11 is 1.40. The lowest BCUT2D eigenvalue weighted by Gasteiger charge is -2.16. The first-order valence-electron chi connectivity index (χ1n) is 9.32. The highest BCUT2D eigenvalue weighted by Gasteiger charge is 2.21. The van der Waals surface area contributed by atoms with Crippen LogP contribution in [0, 0.1) is 6.92 Å². The van der Waals surface area contributed by atoms with E-state index in [0.717, 1.165) is 40.5 Å². The zero-order valence-corrected chi connectivity index (χ0v) is 16.5. The number of hydrogen-bond donors (Lipinski definition) is 1. The van der Waals surface area contributed by atoms with Gasteiger partial charge in [0.25, 0.3) is 5.91 Å². The van der Waals surface area contributed by atoms with Gasteiger partial charge in [-0.25, -0.2) is 4.98 Å². The van der Waals surface area contributed by atoms with Crippen molar-refractivity contribution in [3.8, 4) is 11.3 Å². The first kappa shape index (κ1) is 18.4. The second-order valence-corrected chi connectivity index (χ2v) is 7.98. The van der Waals surface area contributed by atoms with Gasteiger partial charge in [-0.15, -0.1) is 11.3 Å². The summed E-state index contributed by atoms with van der Waals surface area (Å²) < 4.78 is 0. The Hall–Kier alpha value is -2.99. The number of carbonyl (C=O) groups is 2. The first-order valence-corrected chi connectivity index (χ1v) is 10.1. The average Bonchev–Trinajstić information content (AvgIpc) is 3.33. The number of thiazole rings is 1. The van der Waals surface area contributed by atoms with E-state index in [9.17, 15) is 9.59 Å². The maximum absolute atomic E-state index is 12.8. The van der Waals surface area contributed by atoms with Gasteiger partial charge in [-0.05, 0) is 31.0 Å². The quantitative estimate of drug-likeness (QED) is 0.710. The van der Waals surface area contributed by atoms with Gasteiger partial charge in [0, 0.05) is 30.8 Å². The van der Waals surface area contributed by atoms with Crippen molar-refractivity contribution >= 4 is 28.8 Å². The zero-order valence-electron chi connectivity index (χ0n) is 15.6. The van der Waals surface area contributed by atoms with E-state index in [1.54, 1.807) is 0 Å². The summed E-state index contributed by atoms with van der Waals surface area (Å²) in [5, 5.41) is 3.85. The Morgan fingerprint density at radius 1 is 1.14 bits per heavy atom. The van der Waals surface area contributed by atoms with E-state index in [-0.39, 0.29) is 11.8 Å². The van der Waals surface area contributed by atoms with Crippen molar-refractivity contribution in [2.75, 3.05) is 11.4 Å². The van der Waals surface area contributed by atoms with Gasteiger partial charge in [0.1, 0.15) is 4.88 Å². The van der Waals surface area contributed by atoms with Gasteiger partial charge in [-0.3, -0.25) is 9.59 Å². The van der Waals surface area contributed by atoms with Crippen LogP contribution in [0.5, 0.6) is 0 Å². The van der Waals surface area contributed by atoms with Gasteiger partial charge in [0.2, 0.25) is 5.91 Å². The van der Waals surface area contributed by atoms with Crippen LogP contribution in [0.3, 0.4) is 0 Å². The Morgan fingerprint density at radius 2 is 1.89 bits per heavy atom. The van der Waals surface area contributed by atoms with Gasteiger partial charge in [0.05, 0.1) is 10.7 Å². The third kappa shape index (κ3) is 3.82. The number of benzene rings is 2. The molecule has 1 N–H and O–H groups in total. The highest BCUT2D eigenvalue weighted by Crippen LogP contribution is 2.28. The second kappa shape index (κ2) is 7.94. The van der Waals surface area contributed by atoms with Crippen LogP contribution in [0.1, 0.15) is 33.1 Å². The molecular formula is C22H21N3O2S. The van der Waals surface area contributed by atoms with E-state index in [1.807, 2.05) is 66.4 Å². The van der Waals surface area contributed by atoms with E-state index in [0.29, 0.717) is 17.8 Å². The molecule has 5 nitrogen and oxygen atoms in total. The Bertz CT molecular complexity index is 996. The van der Waals surface area contributed by atoms with Crippen LogP contribution in [-0.4, -0.2) is 23.3 Å². The molecule has 2 amide bonds. The summed E-state index contributed by atoms with van der Waals surface area (Å²) in [6, 6.07) is 17.5. The van der Waals surface area contributed by atoms with Crippen molar-refractivity contribution in [1.29, 1.82) is 0 Å². The Kier molecular flexibility index (Phi) is 5.21. The fourth-order valence-electron chi connectivity index (χ4n) is 3.35. The summed E-state index contributed by atoms with van der Waals surface area (Å²) in [7, 11) is 0. The fourth-order valence-corrected chi connectivity index (χ4v) is 4.21. The molecule has 1 aliphatic rings. The average molecular weight is 391 g/mol. The first-order chi connectivity index (χ1) is 13.6. The summed E-state index contributed by atoms with van der Waals surface area (Å²) in [6.07, 6.45) is 1.53. The Morgan fingerprint density at radius 3 is 2.57 bits per heavy atom. The van der Waals surface area contributed by atoms with E-state index in [4.69, 9.17) is 0 Å². The number of carbonyl (C=O) groups excluding carboxylic acids is 2. The summed E-state index contributed by atoms with van der Waals surface area (Å²) in [5.41, 5.74) is 3.58. The molecule has 0 aliphatic carbocycles. The molecule has 0 spiro atoms. The molecule has 0 radical (unpaired) electrons. The van der Waals surface area contributed by atoms with Crippen molar-refractivity contribution in [3.63, 3.8) is 0 Å². The molecule has 3 aromatic rings. The van der Waals surface area contributed by atoms with Crippen molar-refractivity contribution in [1.82, 2.24) is 10.3 Å². The van der Waals surface area contributed by atoms with Crippen molar-refractivity contribution in [2.45, 2.75) is 26.3 Å². The number of anilines is 1. The second-order valence-electron chi connectivity index (χ2n) is 6.77. The molecular weight excluding hydrogens is 370 g/mol. The number of aromatic nitrogens is 1. The molecule has 28 heavy (non-hydrogen) atoms. The van der Waals surface area contributed by atoms with E-state index in [1.165, 1.54) is 11.3 Å². The van der Waals surface area contributed by atoms with Gasteiger partial charge in [0.15, 0.2) is 0 Å². The molecule has 1 aliphatic heterocycles. The smallest absolute Gasteiger partial charge is 0.263 e. The van der Waals surface area contributed by atoms with Crippen LogP contribution in [0.2, 0.25) is 0 Å². The van der Waals surface area contributed by atoms with Crippen LogP contribution >= 0.6 is 11.3 Å². The lowest BCUT2D eigenvalue weighted by molar-refractivity contribution is -0.117. The van der Waals surface area contributed by atoms with E-state index in [2.05, 4.69) is 10.3 Å². The molecule has 0 atom stereocenters. The van der Waals surface area contributed by atoms with Gasteiger partial charge >= 0.3 is 0 Å². The summed E-state index contributed by atoms with van der Waals surface area (Å²) in [4.78, 5) is 31.6. The number of hydrogen-bond acceptors (Lipinski definition) is 4. The standard InChI is InChI=1S/C22H21N3O2S/c1-15-24-20(17-6-3-2-4-7-17)21(28-15)22(27)23-14-16-9-11-18(12-10-16)25-13-5-8-19(25)26/h2-4,6-7,9-12H,5,8,13-14H2,1H3,(H,23,27). The Balaban J connectivity index is 1.44. The maximum Gasteiger partial charge on any atom is 0.263 e. The molecule has 0 unspecified atom stereocenters. The minimum absolute atomic E-state index is 0.122. The van der Waals surface area contributed by atoms with E-state index >= 15 is 0 Å². The molecule has 1 fully saturated rings. The number of nitrogens with zero attached hydrogens (tertiary/aromatic N) is 2. The molecule has 2 heterocycles. The summed E-state index contributed by atoms with van der Waals surface area (Å²) in [6.45, 7) is 3.12. The topological polar surface area (TPSA) is 62.3 Å². The SMILES string of the molecule is Cc1nc(-c2ccccc2)c(C(=O)NCc2ccc(N3CCCC3=O)cc2)s1.